The Morgan fingerprint density at radius 1 is 0.500 bits per heavy atom. The van der Waals surface area contributed by atoms with Crippen molar-refractivity contribution >= 4 is 130 Å². The molecule has 0 aliphatic rings. The molecular weight excluding hydrogens is 1050 g/mol. The van der Waals surface area contributed by atoms with Crippen LogP contribution in [0.3, 0.4) is 0 Å². The van der Waals surface area contributed by atoms with Gasteiger partial charge in [0.25, 0.3) is 0 Å². The molecule has 10 nitrogen and oxygen atoms in total. The first kappa shape index (κ1) is 47.6. The molecule has 0 saturated carbocycles. The van der Waals surface area contributed by atoms with E-state index >= 15 is 0 Å². The fraction of sp³-hybridized carbons (Fsp3) is 0. The zero-order valence-electron chi connectivity index (χ0n) is 35.0. The van der Waals surface area contributed by atoms with Crippen molar-refractivity contribution in [2.45, 2.75) is 0 Å². The standard InChI is InChI=1S/C38H22N4S4.C11H8N2O2.2CNS.Ru/c1-3-9-29-23(7-1)25-19-27(39-21-31(25)41(29)37-15-13-35(45-37)33-11-5-17-43-33)28-20-26-24-8-2-4-10-30(24)42(32(26)22-40-28)38-16-14-36(46-38)34-12-6-18-44-34;14-11(15)8-4-6-13-10(7-8)9-3-1-2-5-12-9;2*2-1-3;/h1-22H;1-7H,(H,14,15);;;/q;;2*-1;+2. The van der Waals surface area contributed by atoms with Crippen LogP contribution in [0.2, 0.25) is 0 Å². The van der Waals surface area contributed by atoms with Gasteiger partial charge in [0.05, 0.1) is 62.8 Å². The number of rotatable bonds is 7. The van der Waals surface area contributed by atoms with E-state index in [1.807, 2.05) is 41.1 Å². The van der Waals surface area contributed by atoms with E-state index in [9.17, 15) is 4.79 Å². The Bertz CT molecular complexity index is 3550. The molecular formula is C51H30N8O2RuS6. The van der Waals surface area contributed by atoms with Crippen molar-refractivity contribution in [2.24, 2.45) is 0 Å². The van der Waals surface area contributed by atoms with E-state index in [2.05, 4.69) is 163 Å². The van der Waals surface area contributed by atoms with Crippen LogP contribution in [0.5, 0.6) is 0 Å². The number of carboxylic acids is 1. The topological polar surface area (TPSA) is 143 Å². The van der Waals surface area contributed by atoms with Crippen molar-refractivity contribution < 1.29 is 29.4 Å². The van der Waals surface area contributed by atoms with Gasteiger partial charge in [-0.3, -0.25) is 29.1 Å². The van der Waals surface area contributed by atoms with Gasteiger partial charge in [-0.05, 0) is 95.7 Å². The maximum atomic E-state index is 10.7. The third-order valence-electron chi connectivity index (χ3n) is 10.5. The van der Waals surface area contributed by atoms with Crippen molar-refractivity contribution in [3.8, 4) is 52.3 Å². The first-order valence-electron chi connectivity index (χ1n) is 20.1. The summed E-state index contributed by atoms with van der Waals surface area (Å²) in [6.45, 7) is 0. The summed E-state index contributed by atoms with van der Waals surface area (Å²) in [6, 6.07) is 47.6. The molecule has 0 fully saturated rings. The quantitative estimate of drug-likeness (QED) is 0.0944. The maximum Gasteiger partial charge on any atom is 2.00 e. The number of thiophene rings is 4. The molecule has 10 aromatic heterocycles. The van der Waals surface area contributed by atoms with E-state index in [1.54, 1.807) is 41.0 Å². The molecule has 0 atom stereocenters. The molecule has 1 N–H and O–H groups in total. The molecule has 12 rings (SSSR count). The van der Waals surface area contributed by atoms with Crippen LogP contribution in [0.1, 0.15) is 10.4 Å². The monoisotopic (exact) mass is 1080 g/mol. The van der Waals surface area contributed by atoms with Gasteiger partial charge in [-0.25, -0.2) is 4.79 Å². The number of carbonyl (C=O) groups is 1. The summed E-state index contributed by atoms with van der Waals surface area (Å²) >= 11 is 14.6. The Hall–Kier alpha value is -6.87. The van der Waals surface area contributed by atoms with Crippen molar-refractivity contribution in [1.29, 1.82) is 0 Å². The third-order valence-corrected chi connectivity index (χ3v) is 14.7. The molecule has 330 valence electrons. The van der Waals surface area contributed by atoms with Gasteiger partial charge >= 0.3 is 25.4 Å². The zero-order valence-corrected chi connectivity index (χ0v) is 41.6. The van der Waals surface area contributed by atoms with Crippen molar-refractivity contribution in [3.05, 3.63) is 191 Å². The average Bonchev–Trinajstić information content (AvgIpc) is 4.24. The number of carboxylic acid groups (broad SMARTS) is 1. The molecule has 2 aromatic carbocycles. The number of aromatic nitrogens is 6. The molecule has 68 heavy (non-hydrogen) atoms. The molecule has 0 radical (unpaired) electrons. The minimum absolute atomic E-state index is 0. The summed E-state index contributed by atoms with van der Waals surface area (Å²) in [5.41, 5.74) is 7.75. The minimum atomic E-state index is -0.963. The van der Waals surface area contributed by atoms with Crippen LogP contribution in [0.15, 0.2) is 175 Å². The van der Waals surface area contributed by atoms with Gasteiger partial charge in [0.2, 0.25) is 0 Å². The Balaban J connectivity index is 0.000000239. The van der Waals surface area contributed by atoms with E-state index in [0.29, 0.717) is 11.4 Å². The van der Waals surface area contributed by atoms with Crippen LogP contribution >= 0.6 is 69.8 Å². The largest absolute Gasteiger partial charge is 2.00 e. The van der Waals surface area contributed by atoms with E-state index in [0.717, 1.165) is 22.4 Å². The Labute approximate surface area is 428 Å². The molecule has 0 aliphatic heterocycles. The molecule has 0 aliphatic carbocycles. The minimum Gasteiger partial charge on any atom is -0.753 e. The normalized spacial score (nSPS) is 10.5. The Morgan fingerprint density at radius 2 is 0.971 bits per heavy atom. The second kappa shape index (κ2) is 21.8. The van der Waals surface area contributed by atoms with Gasteiger partial charge in [0.1, 0.15) is 10.0 Å². The summed E-state index contributed by atoms with van der Waals surface area (Å²) in [5, 5.41) is 37.2. The number of hydrogen-bond acceptors (Lipinski definition) is 11. The first-order chi connectivity index (χ1) is 32.9. The second-order valence-corrected chi connectivity index (χ2v) is 18.6. The number of nitrogens with zero attached hydrogens (tertiary/aromatic N) is 8. The molecule has 17 heteroatoms. The molecule has 0 unspecified atom stereocenters. The van der Waals surface area contributed by atoms with E-state index in [1.165, 1.54) is 90.7 Å². The van der Waals surface area contributed by atoms with Crippen LogP contribution in [0.4, 0.5) is 0 Å². The number of benzene rings is 2. The van der Waals surface area contributed by atoms with Gasteiger partial charge in [0, 0.05) is 53.4 Å². The van der Waals surface area contributed by atoms with Gasteiger partial charge in [-0.2, -0.15) is 10.3 Å². The number of aromatic carboxylic acids is 1. The molecule has 0 amide bonds. The van der Waals surface area contributed by atoms with Crippen LogP contribution in [-0.2, 0) is 19.5 Å². The van der Waals surface area contributed by atoms with E-state index < -0.39 is 5.97 Å². The number of fused-ring (bicyclic) bond motifs is 6. The van der Waals surface area contributed by atoms with Crippen LogP contribution in [0, 0.1) is 0 Å². The molecule has 0 spiro atoms. The van der Waals surface area contributed by atoms with Crippen LogP contribution < -0.4 is 0 Å². The molecule has 10 heterocycles. The summed E-state index contributed by atoms with van der Waals surface area (Å²) in [5.74, 6) is -0.963. The van der Waals surface area contributed by atoms with Gasteiger partial charge in [0.15, 0.2) is 0 Å². The second-order valence-electron chi connectivity index (χ2n) is 14.2. The first-order valence-corrected chi connectivity index (χ1v) is 24.3. The van der Waals surface area contributed by atoms with Crippen molar-refractivity contribution in [3.63, 3.8) is 0 Å². The van der Waals surface area contributed by atoms with E-state index in [-0.39, 0.29) is 25.0 Å². The fourth-order valence-corrected chi connectivity index (χ4v) is 11.4. The smallest absolute Gasteiger partial charge is 0.753 e. The maximum absolute atomic E-state index is 10.7. The third kappa shape index (κ3) is 9.75. The van der Waals surface area contributed by atoms with Crippen molar-refractivity contribution in [2.75, 3.05) is 0 Å². The number of hydrogen-bond donors (Lipinski definition) is 1. The number of isothiocyanates is 2. The number of thiocarbonyl (C=S) groups is 2. The van der Waals surface area contributed by atoms with Crippen LogP contribution in [-0.4, -0.2) is 50.5 Å². The van der Waals surface area contributed by atoms with Gasteiger partial charge in [-0.1, -0.05) is 79.0 Å². The van der Waals surface area contributed by atoms with Gasteiger partial charge in [-0.15, -0.1) is 45.3 Å². The molecule has 0 saturated heterocycles. The summed E-state index contributed by atoms with van der Waals surface area (Å²) < 4.78 is 4.69. The average molecular weight is 1080 g/mol. The fourth-order valence-electron chi connectivity index (χ4n) is 7.71. The number of para-hydroxylation sites is 2. The predicted molar refractivity (Wildman–Crippen MR) is 285 cm³/mol. The van der Waals surface area contributed by atoms with Crippen LogP contribution in [0.25, 0.3) is 107 Å². The van der Waals surface area contributed by atoms with E-state index in [4.69, 9.17) is 25.9 Å². The SMILES string of the molecule is O=C(O)c1ccnc(-c2ccccn2)c1.[N-]=C=S.[N-]=C=S.[Ru+2].c1csc(-c2ccc(-n3c4ccccc4c4cc(-c5cc6c7ccccc7n(-c7ccc(-c8cccs8)s7)c6cn5)ncc43)s2)c1. The molecule has 0 bridgehead atoms. The molecule has 12 aromatic rings. The summed E-state index contributed by atoms with van der Waals surface area (Å²) in [7, 11) is 0. The zero-order chi connectivity index (χ0) is 46.3. The predicted octanol–water partition coefficient (Wildman–Crippen LogP) is 15.1. The Morgan fingerprint density at radius 3 is 1.43 bits per heavy atom. The summed E-state index contributed by atoms with van der Waals surface area (Å²) in [4.78, 5) is 34.1. The summed E-state index contributed by atoms with van der Waals surface area (Å²) in [6.07, 6.45) is 7.14. The number of pyridine rings is 4. The Kier molecular flexibility index (Phi) is 15.3. The van der Waals surface area contributed by atoms with Crippen molar-refractivity contribution in [1.82, 2.24) is 29.1 Å². The van der Waals surface area contributed by atoms with Gasteiger partial charge < -0.3 is 15.9 Å².